The molecule has 1 aromatic carbocycles. The van der Waals surface area contributed by atoms with E-state index in [1.165, 1.54) is 12.8 Å². The maximum absolute atomic E-state index is 5.73. The summed E-state index contributed by atoms with van der Waals surface area (Å²) in [6, 6.07) is 9.81. The fraction of sp³-hybridized carbons (Fsp3) is 0.476. The van der Waals surface area contributed by atoms with Crippen LogP contribution in [0.3, 0.4) is 0 Å². The molecular formula is C21H29N5O2. The van der Waals surface area contributed by atoms with Crippen LogP contribution in [0.15, 0.2) is 35.4 Å². The van der Waals surface area contributed by atoms with E-state index in [2.05, 4.69) is 32.3 Å². The minimum absolute atomic E-state index is 0.682. The Morgan fingerprint density at radius 3 is 2.71 bits per heavy atom. The summed E-state index contributed by atoms with van der Waals surface area (Å²) in [5.41, 5.74) is 4.90. The maximum atomic E-state index is 5.73. The number of anilines is 2. The van der Waals surface area contributed by atoms with E-state index in [0.717, 1.165) is 43.1 Å². The van der Waals surface area contributed by atoms with E-state index < -0.39 is 0 Å². The molecule has 0 bridgehead atoms. The molecule has 0 aliphatic carbocycles. The summed E-state index contributed by atoms with van der Waals surface area (Å²) in [6.07, 6.45) is 5.26. The Labute approximate surface area is 166 Å². The zero-order chi connectivity index (χ0) is 19.6. The second-order valence-corrected chi connectivity index (χ2v) is 6.79. The predicted octanol–water partition coefficient (Wildman–Crippen LogP) is 3.64. The standard InChI is InChI=1S/C21H29N5O2/c1-3-4-5-12-28-19-8-6-18(7-9-19)16-22-25-20-15-17(2)23-21(24-20)26-10-13-27-14-11-26/h6-9,15-16H,3-5,10-14H2,1-2H3,(H,23,24,25). The van der Waals surface area contributed by atoms with Crippen molar-refractivity contribution >= 4 is 18.0 Å². The number of aryl methyl sites for hydroxylation is 1. The Balaban J connectivity index is 1.54. The minimum Gasteiger partial charge on any atom is -0.494 e. The van der Waals surface area contributed by atoms with Gasteiger partial charge in [0, 0.05) is 24.8 Å². The molecule has 0 radical (unpaired) electrons. The number of hydrogen-bond acceptors (Lipinski definition) is 7. The first-order valence-corrected chi connectivity index (χ1v) is 9.95. The third-order valence-corrected chi connectivity index (χ3v) is 4.43. The fourth-order valence-electron chi connectivity index (χ4n) is 2.88. The maximum Gasteiger partial charge on any atom is 0.227 e. The van der Waals surface area contributed by atoms with Crippen molar-refractivity contribution in [3.63, 3.8) is 0 Å². The molecule has 0 atom stereocenters. The average Bonchev–Trinajstić information content (AvgIpc) is 2.73. The Bertz CT molecular complexity index is 758. The van der Waals surface area contributed by atoms with Crippen molar-refractivity contribution in [2.75, 3.05) is 43.2 Å². The normalized spacial score (nSPS) is 14.4. The summed E-state index contributed by atoms with van der Waals surface area (Å²) in [6.45, 7) is 7.93. The number of hydrogen-bond donors (Lipinski definition) is 1. The van der Waals surface area contributed by atoms with Gasteiger partial charge in [0.05, 0.1) is 26.0 Å². The molecular weight excluding hydrogens is 354 g/mol. The largest absolute Gasteiger partial charge is 0.494 e. The highest BCUT2D eigenvalue weighted by atomic mass is 16.5. The van der Waals surface area contributed by atoms with E-state index in [0.29, 0.717) is 25.0 Å². The smallest absolute Gasteiger partial charge is 0.227 e. The van der Waals surface area contributed by atoms with Gasteiger partial charge in [0.2, 0.25) is 5.95 Å². The Hall–Kier alpha value is -2.67. The zero-order valence-corrected chi connectivity index (χ0v) is 16.7. The van der Waals surface area contributed by atoms with E-state index in [4.69, 9.17) is 9.47 Å². The molecule has 150 valence electrons. The number of nitrogens with zero attached hydrogens (tertiary/aromatic N) is 4. The van der Waals surface area contributed by atoms with Crippen LogP contribution in [-0.2, 0) is 4.74 Å². The Morgan fingerprint density at radius 2 is 1.96 bits per heavy atom. The number of hydrazone groups is 1. The lowest BCUT2D eigenvalue weighted by molar-refractivity contribution is 0.122. The van der Waals surface area contributed by atoms with E-state index in [-0.39, 0.29) is 0 Å². The van der Waals surface area contributed by atoms with Gasteiger partial charge in [-0.25, -0.2) is 4.98 Å². The molecule has 1 N–H and O–H groups in total. The van der Waals surface area contributed by atoms with E-state index in [1.807, 2.05) is 37.3 Å². The third-order valence-electron chi connectivity index (χ3n) is 4.43. The molecule has 2 heterocycles. The number of rotatable bonds is 9. The molecule has 1 saturated heterocycles. The van der Waals surface area contributed by atoms with Crippen molar-refractivity contribution in [3.05, 3.63) is 41.6 Å². The molecule has 1 aliphatic rings. The molecule has 1 aliphatic heterocycles. The lowest BCUT2D eigenvalue weighted by atomic mass is 10.2. The van der Waals surface area contributed by atoms with Crippen LogP contribution in [0.4, 0.5) is 11.8 Å². The monoisotopic (exact) mass is 383 g/mol. The summed E-state index contributed by atoms with van der Waals surface area (Å²) >= 11 is 0. The second-order valence-electron chi connectivity index (χ2n) is 6.79. The summed E-state index contributed by atoms with van der Waals surface area (Å²) in [5, 5.41) is 4.31. The number of unbranched alkanes of at least 4 members (excludes halogenated alkanes) is 2. The van der Waals surface area contributed by atoms with Gasteiger partial charge in [-0.2, -0.15) is 10.1 Å². The first-order valence-electron chi connectivity index (χ1n) is 9.95. The minimum atomic E-state index is 0.682. The van der Waals surface area contributed by atoms with Crippen LogP contribution < -0.4 is 15.1 Å². The van der Waals surface area contributed by atoms with Crippen LogP contribution in [0.2, 0.25) is 0 Å². The van der Waals surface area contributed by atoms with Crippen molar-refractivity contribution in [1.82, 2.24) is 9.97 Å². The van der Waals surface area contributed by atoms with Gasteiger partial charge in [-0.05, 0) is 43.2 Å². The summed E-state index contributed by atoms with van der Waals surface area (Å²) in [7, 11) is 0. The predicted molar refractivity (Wildman–Crippen MR) is 112 cm³/mol. The van der Waals surface area contributed by atoms with Crippen LogP contribution in [-0.4, -0.2) is 49.1 Å². The van der Waals surface area contributed by atoms with Gasteiger partial charge in [0.1, 0.15) is 5.75 Å². The quantitative estimate of drug-likeness (QED) is 0.405. The van der Waals surface area contributed by atoms with Gasteiger partial charge < -0.3 is 14.4 Å². The number of benzene rings is 1. The number of aromatic nitrogens is 2. The molecule has 0 amide bonds. The second kappa shape index (κ2) is 10.6. The van der Waals surface area contributed by atoms with Crippen LogP contribution in [0.5, 0.6) is 5.75 Å². The van der Waals surface area contributed by atoms with Crippen molar-refractivity contribution < 1.29 is 9.47 Å². The first kappa shape index (κ1) is 20.1. The molecule has 1 fully saturated rings. The van der Waals surface area contributed by atoms with Crippen molar-refractivity contribution in [2.24, 2.45) is 5.10 Å². The summed E-state index contributed by atoms with van der Waals surface area (Å²) in [5.74, 6) is 2.29. The zero-order valence-electron chi connectivity index (χ0n) is 16.7. The van der Waals surface area contributed by atoms with Gasteiger partial charge in [-0.15, -0.1) is 0 Å². The molecule has 0 unspecified atom stereocenters. The summed E-state index contributed by atoms with van der Waals surface area (Å²) in [4.78, 5) is 11.2. The highest BCUT2D eigenvalue weighted by molar-refractivity contribution is 5.80. The molecule has 1 aromatic heterocycles. The van der Waals surface area contributed by atoms with Gasteiger partial charge >= 0.3 is 0 Å². The molecule has 28 heavy (non-hydrogen) atoms. The molecule has 3 rings (SSSR count). The lowest BCUT2D eigenvalue weighted by Gasteiger charge is -2.27. The summed E-state index contributed by atoms with van der Waals surface area (Å²) < 4.78 is 11.1. The average molecular weight is 383 g/mol. The Kier molecular flexibility index (Phi) is 7.61. The number of nitrogens with one attached hydrogen (secondary N) is 1. The third kappa shape index (κ3) is 6.20. The van der Waals surface area contributed by atoms with Crippen molar-refractivity contribution in [3.8, 4) is 5.75 Å². The van der Waals surface area contributed by atoms with E-state index >= 15 is 0 Å². The van der Waals surface area contributed by atoms with Gasteiger partial charge in [-0.1, -0.05) is 19.8 Å². The molecule has 0 spiro atoms. The number of morpholine rings is 1. The van der Waals surface area contributed by atoms with Crippen LogP contribution in [0.1, 0.15) is 37.4 Å². The molecule has 2 aromatic rings. The highest BCUT2D eigenvalue weighted by Crippen LogP contribution is 2.15. The molecule has 0 saturated carbocycles. The Morgan fingerprint density at radius 1 is 1.18 bits per heavy atom. The highest BCUT2D eigenvalue weighted by Gasteiger charge is 2.14. The van der Waals surface area contributed by atoms with Gasteiger partial charge in [0.25, 0.3) is 0 Å². The van der Waals surface area contributed by atoms with Gasteiger partial charge in [-0.3, -0.25) is 5.43 Å². The topological polar surface area (TPSA) is 71.9 Å². The molecule has 7 heteroatoms. The van der Waals surface area contributed by atoms with Crippen LogP contribution in [0, 0.1) is 6.92 Å². The first-order chi connectivity index (χ1) is 13.7. The molecule has 7 nitrogen and oxygen atoms in total. The van der Waals surface area contributed by atoms with Crippen molar-refractivity contribution in [2.45, 2.75) is 33.1 Å². The van der Waals surface area contributed by atoms with Crippen molar-refractivity contribution in [1.29, 1.82) is 0 Å². The SMILES string of the molecule is CCCCCOc1ccc(C=NNc2cc(C)nc(N3CCOCC3)n2)cc1. The van der Waals surface area contributed by atoms with Gasteiger partial charge in [0.15, 0.2) is 5.82 Å². The lowest BCUT2D eigenvalue weighted by Crippen LogP contribution is -2.37. The fourth-order valence-corrected chi connectivity index (χ4v) is 2.88. The van der Waals surface area contributed by atoms with Crippen LogP contribution in [0.25, 0.3) is 0 Å². The van der Waals surface area contributed by atoms with Crippen LogP contribution >= 0.6 is 0 Å². The van der Waals surface area contributed by atoms with E-state index in [9.17, 15) is 0 Å². The number of ether oxygens (including phenoxy) is 2. The van der Waals surface area contributed by atoms with E-state index in [1.54, 1.807) is 6.21 Å².